The van der Waals surface area contributed by atoms with Crippen LogP contribution >= 0.6 is 12.2 Å². The van der Waals surface area contributed by atoms with Gasteiger partial charge in [0, 0.05) is 17.5 Å². The first-order valence-corrected chi connectivity index (χ1v) is 8.31. The van der Waals surface area contributed by atoms with E-state index in [9.17, 15) is 4.79 Å². The number of H-pyrrole nitrogens is 1. The van der Waals surface area contributed by atoms with Crippen LogP contribution in [0.25, 0.3) is 16.5 Å². The third kappa shape index (κ3) is 2.89. The molecule has 2 heterocycles. The van der Waals surface area contributed by atoms with Crippen molar-refractivity contribution in [3.63, 3.8) is 0 Å². The SMILES string of the molecule is O=c1c2ccccc2cnn1CCc1n[nH]c(=S)n1-c1ccccc1. The Balaban J connectivity index is 1.66. The smallest absolute Gasteiger partial charge is 0.272 e. The molecule has 0 fully saturated rings. The van der Waals surface area contributed by atoms with Crippen LogP contribution < -0.4 is 5.56 Å². The largest absolute Gasteiger partial charge is 0.274 e. The summed E-state index contributed by atoms with van der Waals surface area (Å²) in [4.78, 5) is 12.6. The molecule has 0 aliphatic heterocycles. The summed E-state index contributed by atoms with van der Waals surface area (Å²) < 4.78 is 3.87. The number of rotatable bonds is 4. The number of aromatic amines is 1. The first-order valence-electron chi connectivity index (χ1n) is 7.90. The fourth-order valence-electron chi connectivity index (χ4n) is 2.83. The summed E-state index contributed by atoms with van der Waals surface area (Å²) in [5, 5.41) is 12.9. The highest BCUT2D eigenvalue weighted by Crippen LogP contribution is 2.12. The van der Waals surface area contributed by atoms with Gasteiger partial charge in [0.25, 0.3) is 5.56 Å². The Kier molecular flexibility index (Phi) is 3.99. The van der Waals surface area contributed by atoms with Gasteiger partial charge in [-0.25, -0.2) is 4.68 Å². The van der Waals surface area contributed by atoms with Gasteiger partial charge < -0.3 is 0 Å². The molecule has 4 rings (SSSR count). The van der Waals surface area contributed by atoms with Crippen molar-refractivity contribution in [2.24, 2.45) is 0 Å². The maximum absolute atomic E-state index is 12.6. The molecule has 0 atom stereocenters. The van der Waals surface area contributed by atoms with Crippen LogP contribution in [0.2, 0.25) is 0 Å². The minimum atomic E-state index is -0.0986. The van der Waals surface area contributed by atoms with Crippen molar-refractivity contribution in [3.05, 3.63) is 81.7 Å². The van der Waals surface area contributed by atoms with Crippen LogP contribution in [0.5, 0.6) is 0 Å². The monoisotopic (exact) mass is 349 g/mol. The molecular formula is C18H15N5OS. The zero-order valence-corrected chi connectivity index (χ0v) is 14.1. The predicted octanol–water partition coefficient (Wildman–Crippen LogP) is 2.88. The number of hydrogen-bond acceptors (Lipinski definition) is 4. The van der Waals surface area contributed by atoms with E-state index in [1.54, 1.807) is 6.20 Å². The molecule has 0 amide bonds. The van der Waals surface area contributed by atoms with Crippen LogP contribution in [0.15, 0.2) is 65.6 Å². The molecule has 0 radical (unpaired) electrons. The summed E-state index contributed by atoms with van der Waals surface area (Å²) in [6.45, 7) is 0.427. The van der Waals surface area contributed by atoms with Crippen molar-refractivity contribution in [3.8, 4) is 5.69 Å². The average molecular weight is 349 g/mol. The lowest BCUT2D eigenvalue weighted by molar-refractivity contribution is 0.568. The lowest BCUT2D eigenvalue weighted by atomic mass is 10.2. The van der Waals surface area contributed by atoms with Gasteiger partial charge in [-0.3, -0.25) is 14.5 Å². The summed E-state index contributed by atoms with van der Waals surface area (Å²) in [5.74, 6) is 0.762. The maximum Gasteiger partial charge on any atom is 0.274 e. The normalized spacial score (nSPS) is 11.0. The Morgan fingerprint density at radius 3 is 2.64 bits per heavy atom. The van der Waals surface area contributed by atoms with Gasteiger partial charge in [-0.05, 0) is 30.4 Å². The van der Waals surface area contributed by atoms with Crippen molar-refractivity contribution < 1.29 is 0 Å². The van der Waals surface area contributed by atoms with Crippen molar-refractivity contribution in [2.75, 3.05) is 0 Å². The third-order valence-corrected chi connectivity index (χ3v) is 4.34. The molecule has 2 aromatic heterocycles. The van der Waals surface area contributed by atoms with Crippen LogP contribution in [-0.2, 0) is 13.0 Å². The zero-order valence-electron chi connectivity index (χ0n) is 13.3. The van der Waals surface area contributed by atoms with Crippen LogP contribution in [0.4, 0.5) is 0 Å². The Morgan fingerprint density at radius 1 is 1.04 bits per heavy atom. The molecule has 2 aromatic carbocycles. The molecule has 0 aliphatic carbocycles. The summed E-state index contributed by atoms with van der Waals surface area (Å²) in [7, 11) is 0. The average Bonchev–Trinajstić information content (AvgIpc) is 3.03. The van der Waals surface area contributed by atoms with Crippen molar-refractivity contribution in [1.29, 1.82) is 0 Å². The van der Waals surface area contributed by atoms with E-state index in [4.69, 9.17) is 12.2 Å². The zero-order chi connectivity index (χ0) is 17.2. The molecule has 0 bridgehead atoms. The van der Waals surface area contributed by atoms with Gasteiger partial charge in [0.15, 0.2) is 4.77 Å². The highest BCUT2D eigenvalue weighted by Gasteiger charge is 2.10. The summed E-state index contributed by atoms with van der Waals surface area (Å²) in [6.07, 6.45) is 2.25. The quantitative estimate of drug-likeness (QED) is 0.575. The Bertz CT molecular complexity index is 1140. The van der Waals surface area contributed by atoms with E-state index in [2.05, 4.69) is 15.3 Å². The van der Waals surface area contributed by atoms with Gasteiger partial charge in [0.1, 0.15) is 5.82 Å². The van der Waals surface area contributed by atoms with Crippen LogP contribution in [0.1, 0.15) is 5.82 Å². The fraction of sp³-hybridized carbons (Fsp3) is 0.111. The van der Waals surface area contributed by atoms with E-state index in [1.807, 2.05) is 59.2 Å². The van der Waals surface area contributed by atoms with E-state index < -0.39 is 0 Å². The molecule has 7 heteroatoms. The minimum Gasteiger partial charge on any atom is -0.272 e. The Hall–Kier alpha value is -3.06. The van der Waals surface area contributed by atoms with E-state index >= 15 is 0 Å². The molecule has 0 unspecified atom stereocenters. The number of hydrogen-bond donors (Lipinski definition) is 1. The van der Waals surface area contributed by atoms with Gasteiger partial charge in [-0.2, -0.15) is 10.2 Å². The maximum atomic E-state index is 12.6. The number of benzene rings is 2. The van der Waals surface area contributed by atoms with E-state index in [0.717, 1.165) is 16.9 Å². The van der Waals surface area contributed by atoms with Crippen LogP contribution in [0.3, 0.4) is 0 Å². The summed E-state index contributed by atoms with van der Waals surface area (Å²) >= 11 is 5.34. The van der Waals surface area contributed by atoms with Gasteiger partial charge in [0.05, 0.1) is 18.1 Å². The van der Waals surface area contributed by atoms with Crippen LogP contribution in [0, 0.1) is 4.77 Å². The first-order chi connectivity index (χ1) is 12.2. The fourth-order valence-corrected chi connectivity index (χ4v) is 3.09. The van der Waals surface area contributed by atoms with Crippen molar-refractivity contribution in [1.82, 2.24) is 24.5 Å². The first kappa shape index (κ1) is 15.5. The number of nitrogens with one attached hydrogen (secondary N) is 1. The summed E-state index contributed by atoms with van der Waals surface area (Å²) in [5.41, 5.74) is 0.841. The van der Waals surface area contributed by atoms with Crippen molar-refractivity contribution >= 4 is 23.0 Å². The second kappa shape index (κ2) is 6.45. The number of aromatic nitrogens is 5. The molecule has 0 aliphatic rings. The molecule has 25 heavy (non-hydrogen) atoms. The van der Waals surface area contributed by atoms with Gasteiger partial charge in [-0.15, -0.1) is 0 Å². The second-order valence-corrected chi connectivity index (χ2v) is 6.01. The second-order valence-electron chi connectivity index (χ2n) is 5.63. The molecule has 6 nitrogen and oxygen atoms in total. The van der Waals surface area contributed by atoms with Gasteiger partial charge in [0.2, 0.25) is 0 Å². The number of para-hydroxylation sites is 1. The Labute approximate surface area is 148 Å². The Morgan fingerprint density at radius 2 is 1.80 bits per heavy atom. The lowest BCUT2D eigenvalue weighted by Crippen LogP contribution is -2.24. The molecule has 124 valence electrons. The lowest BCUT2D eigenvalue weighted by Gasteiger charge is -2.08. The van der Waals surface area contributed by atoms with E-state index in [0.29, 0.717) is 23.1 Å². The molecule has 1 N–H and O–H groups in total. The molecule has 0 saturated heterocycles. The molecule has 0 spiro atoms. The molecular weight excluding hydrogens is 334 g/mol. The highest BCUT2D eigenvalue weighted by atomic mass is 32.1. The summed E-state index contributed by atoms with van der Waals surface area (Å²) in [6, 6.07) is 17.2. The van der Waals surface area contributed by atoms with E-state index in [-0.39, 0.29) is 5.56 Å². The van der Waals surface area contributed by atoms with Gasteiger partial charge in [-0.1, -0.05) is 36.4 Å². The third-order valence-electron chi connectivity index (χ3n) is 4.07. The van der Waals surface area contributed by atoms with Gasteiger partial charge >= 0.3 is 0 Å². The highest BCUT2D eigenvalue weighted by molar-refractivity contribution is 7.71. The van der Waals surface area contributed by atoms with E-state index in [1.165, 1.54) is 4.68 Å². The number of aryl methyl sites for hydroxylation is 2. The molecule has 4 aromatic rings. The van der Waals surface area contributed by atoms with Crippen molar-refractivity contribution in [2.45, 2.75) is 13.0 Å². The molecule has 0 saturated carbocycles. The minimum absolute atomic E-state index is 0.0986. The van der Waals surface area contributed by atoms with Crippen LogP contribution in [-0.4, -0.2) is 24.5 Å². The number of nitrogens with zero attached hydrogens (tertiary/aromatic N) is 4. The topological polar surface area (TPSA) is 68.5 Å². The predicted molar refractivity (Wildman–Crippen MR) is 98.5 cm³/mol. The standard InChI is InChI=1S/C18H15N5OS/c24-17-15-9-5-4-6-13(15)12-19-22(17)11-10-16-20-21-18(25)23(16)14-7-2-1-3-8-14/h1-9,12H,10-11H2,(H,21,25). The number of fused-ring (bicyclic) bond motifs is 1.